The van der Waals surface area contributed by atoms with Gasteiger partial charge in [0.1, 0.15) is 5.75 Å². The fraction of sp³-hybridized carbons (Fsp3) is 0.0952. The number of para-hydroxylation sites is 1. The highest BCUT2D eigenvalue weighted by Crippen LogP contribution is 2.22. The van der Waals surface area contributed by atoms with Crippen LogP contribution in [0.2, 0.25) is 5.02 Å². The number of anilines is 2. The highest BCUT2D eigenvalue weighted by atomic mass is 35.5. The van der Waals surface area contributed by atoms with Crippen LogP contribution in [-0.4, -0.2) is 20.9 Å². The number of hydrogen-bond donors (Lipinski definition) is 2. The first-order valence-corrected chi connectivity index (χ1v) is 10.6. The van der Waals surface area contributed by atoms with Gasteiger partial charge in [0.05, 0.1) is 4.90 Å². The largest absolute Gasteiger partial charge is 0.483 e. The number of benzene rings is 3. The summed E-state index contributed by atoms with van der Waals surface area (Å²) in [6.45, 7) is 1.65. The molecule has 3 aromatic carbocycles. The van der Waals surface area contributed by atoms with Crippen molar-refractivity contribution in [3.63, 3.8) is 0 Å². The molecule has 0 aliphatic rings. The molecule has 3 rings (SSSR count). The molecule has 0 aliphatic carbocycles. The zero-order valence-corrected chi connectivity index (χ0v) is 17.1. The second-order valence-corrected chi connectivity index (χ2v) is 8.36. The summed E-state index contributed by atoms with van der Waals surface area (Å²) in [5, 5.41) is 3.26. The molecule has 0 aliphatic heterocycles. The van der Waals surface area contributed by atoms with Gasteiger partial charge in [-0.3, -0.25) is 9.52 Å². The van der Waals surface area contributed by atoms with Gasteiger partial charge in [0.15, 0.2) is 6.61 Å². The van der Waals surface area contributed by atoms with Gasteiger partial charge in [-0.05, 0) is 67.1 Å². The summed E-state index contributed by atoms with van der Waals surface area (Å²) in [5.41, 5.74) is 1.76. The average Bonchev–Trinajstić information content (AvgIpc) is 2.68. The van der Waals surface area contributed by atoms with Crippen LogP contribution in [0.25, 0.3) is 0 Å². The van der Waals surface area contributed by atoms with Gasteiger partial charge >= 0.3 is 0 Å². The Morgan fingerprint density at radius 2 is 1.66 bits per heavy atom. The molecule has 3 aromatic rings. The van der Waals surface area contributed by atoms with Gasteiger partial charge in [0.2, 0.25) is 0 Å². The molecular weight excluding hydrogens is 412 g/mol. The van der Waals surface area contributed by atoms with E-state index in [4.69, 9.17) is 16.3 Å². The Labute approximate surface area is 174 Å². The van der Waals surface area contributed by atoms with Gasteiger partial charge in [-0.15, -0.1) is 0 Å². The topological polar surface area (TPSA) is 84.5 Å². The Hall–Kier alpha value is -3.03. The zero-order chi connectivity index (χ0) is 20.9. The number of aryl methyl sites for hydroxylation is 1. The predicted octanol–water partition coefficient (Wildman–Crippen LogP) is 4.47. The predicted molar refractivity (Wildman–Crippen MR) is 114 cm³/mol. The number of carbonyl (C=O) groups excluding carboxylic acids is 1. The normalized spacial score (nSPS) is 11.0. The Kier molecular flexibility index (Phi) is 6.41. The first-order chi connectivity index (χ1) is 13.8. The first kappa shape index (κ1) is 20.7. The minimum absolute atomic E-state index is 0.0902. The van der Waals surface area contributed by atoms with Gasteiger partial charge < -0.3 is 10.1 Å². The van der Waals surface area contributed by atoms with Crippen molar-refractivity contribution < 1.29 is 17.9 Å². The van der Waals surface area contributed by atoms with Gasteiger partial charge in [0, 0.05) is 16.4 Å². The average molecular weight is 431 g/mol. The first-order valence-electron chi connectivity index (χ1n) is 8.70. The lowest BCUT2D eigenvalue weighted by Crippen LogP contribution is -2.20. The number of halogens is 1. The Balaban J connectivity index is 1.59. The standard InChI is InChI=1S/C21H19ClN2O4S/c1-15-13-16(22)7-12-20(15)28-14-21(25)23-17-8-10-19(11-9-17)29(26,27)24-18-5-3-2-4-6-18/h2-13,24H,14H2,1H3,(H,23,25). The molecule has 0 aromatic heterocycles. The number of nitrogens with one attached hydrogen (secondary N) is 2. The van der Waals surface area contributed by atoms with E-state index >= 15 is 0 Å². The third-order valence-electron chi connectivity index (χ3n) is 3.97. The molecule has 0 bridgehead atoms. The lowest BCUT2D eigenvalue weighted by atomic mass is 10.2. The number of carbonyl (C=O) groups is 1. The van der Waals surface area contributed by atoms with Crippen molar-refractivity contribution in [3.05, 3.63) is 83.4 Å². The number of amides is 1. The second kappa shape index (κ2) is 8.98. The van der Waals surface area contributed by atoms with Crippen LogP contribution in [0.4, 0.5) is 11.4 Å². The van der Waals surface area contributed by atoms with Gasteiger partial charge in [0.25, 0.3) is 15.9 Å². The van der Waals surface area contributed by atoms with Crippen LogP contribution in [0.3, 0.4) is 0 Å². The molecule has 0 saturated heterocycles. The van der Waals surface area contributed by atoms with Crippen LogP contribution in [0.1, 0.15) is 5.56 Å². The quantitative estimate of drug-likeness (QED) is 0.579. The van der Waals surface area contributed by atoms with E-state index < -0.39 is 10.0 Å². The number of ether oxygens (including phenoxy) is 1. The molecule has 1 amide bonds. The summed E-state index contributed by atoms with van der Waals surface area (Å²) >= 11 is 5.89. The maximum Gasteiger partial charge on any atom is 0.262 e. The van der Waals surface area contributed by atoms with E-state index in [1.54, 1.807) is 48.5 Å². The van der Waals surface area contributed by atoms with E-state index in [2.05, 4.69) is 10.0 Å². The number of hydrogen-bond acceptors (Lipinski definition) is 4. The number of rotatable bonds is 7. The summed E-state index contributed by atoms with van der Waals surface area (Å²) in [5.74, 6) is 0.204. The van der Waals surface area contributed by atoms with Crippen LogP contribution in [0.5, 0.6) is 5.75 Å². The maximum absolute atomic E-state index is 12.4. The molecule has 6 nitrogen and oxygen atoms in total. The van der Waals surface area contributed by atoms with Crippen LogP contribution in [-0.2, 0) is 14.8 Å². The van der Waals surface area contributed by atoms with E-state index in [-0.39, 0.29) is 17.4 Å². The molecule has 2 N–H and O–H groups in total. The van der Waals surface area contributed by atoms with Crippen LogP contribution in [0.15, 0.2) is 77.7 Å². The highest BCUT2D eigenvalue weighted by Gasteiger charge is 2.14. The molecule has 0 spiro atoms. The van der Waals surface area contributed by atoms with Crippen molar-refractivity contribution in [2.75, 3.05) is 16.6 Å². The molecule has 0 saturated carbocycles. The van der Waals surface area contributed by atoms with Crippen molar-refractivity contribution in [1.29, 1.82) is 0 Å². The van der Waals surface area contributed by atoms with Gasteiger partial charge in [-0.2, -0.15) is 0 Å². The highest BCUT2D eigenvalue weighted by molar-refractivity contribution is 7.92. The van der Waals surface area contributed by atoms with Crippen molar-refractivity contribution in [1.82, 2.24) is 0 Å². The molecular formula is C21H19ClN2O4S. The summed E-state index contributed by atoms with van der Waals surface area (Å²) in [4.78, 5) is 12.2. The summed E-state index contributed by atoms with van der Waals surface area (Å²) in [6, 6.07) is 19.6. The number of sulfonamides is 1. The maximum atomic E-state index is 12.4. The van der Waals surface area contributed by atoms with Crippen molar-refractivity contribution in [3.8, 4) is 5.75 Å². The Morgan fingerprint density at radius 1 is 0.966 bits per heavy atom. The lowest BCUT2D eigenvalue weighted by Gasteiger charge is -2.11. The van der Waals surface area contributed by atoms with E-state index in [1.165, 1.54) is 24.3 Å². The molecule has 0 unspecified atom stereocenters. The fourth-order valence-electron chi connectivity index (χ4n) is 2.55. The van der Waals surface area contributed by atoms with Gasteiger partial charge in [-0.25, -0.2) is 8.42 Å². The van der Waals surface area contributed by atoms with E-state index in [9.17, 15) is 13.2 Å². The smallest absolute Gasteiger partial charge is 0.262 e. The summed E-state index contributed by atoms with van der Waals surface area (Å²) in [6.07, 6.45) is 0. The fourth-order valence-corrected chi connectivity index (χ4v) is 3.84. The second-order valence-electron chi connectivity index (χ2n) is 6.24. The lowest BCUT2D eigenvalue weighted by molar-refractivity contribution is -0.118. The molecule has 0 radical (unpaired) electrons. The Bertz CT molecular complexity index is 1100. The molecule has 29 heavy (non-hydrogen) atoms. The van der Waals surface area contributed by atoms with E-state index in [0.717, 1.165) is 5.56 Å². The summed E-state index contributed by atoms with van der Waals surface area (Å²) in [7, 11) is -3.71. The Morgan fingerprint density at radius 3 is 2.31 bits per heavy atom. The van der Waals surface area contributed by atoms with Gasteiger partial charge in [-0.1, -0.05) is 29.8 Å². The van der Waals surface area contributed by atoms with Crippen LogP contribution >= 0.6 is 11.6 Å². The minimum Gasteiger partial charge on any atom is -0.483 e. The van der Waals surface area contributed by atoms with Crippen molar-refractivity contribution in [2.45, 2.75) is 11.8 Å². The van der Waals surface area contributed by atoms with E-state index in [0.29, 0.717) is 22.1 Å². The molecule has 0 heterocycles. The van der Waals surface area contributed by atoms with Crippen LogP contribution < -0.4 is 14.8 Å². The monoisotopic (exact) mass is 430 g/mol. The van der Waals surface area contributed by atoms with Crippen molar-refractivity contribution >= 4 is 38.9 Å². The molecule has 150 valence electrons. The SMILES string of the molecule is Cc1cc(Cl)ccc1OCC(=O)Nc1ccc(S(=O)(=O)Nc2ccccc2)cc1. The van der Waals surface area contributed by atoms with E-state index in [1.807, 2.05) is 6.92 Å². The molecule has 0 atom stereocenters. The molecule has 8 heteroatoms. The third-order valence-corrected chi connectivity index (χ3v) is 5.60. The summed E-state index contributed by atoms with van der Waals surface area (Å²) < 4.78 is 32.8. The zero-order valence-electron chi connectivity index (χ0n) is 15.6. The van der Waals surface area contributed by atoms with Crippen LogP contribution in [0, 0.1) is 6.92 Å². The molecule has 0 fully saturated rings. The van der Waals surface area contributed by atoms with Crippen molar-refractivity contribution in [2.24, 2.45) is 0 Å². The third kappa shape index (κ3) is 5.73. The minimum atomic E-state index is -3.71.